The Kier molecular flexibility index (Phi) is 3.09. The van der Waals surface area contributed by atoms with Gasteiger partial charge in [0.1, 0.15) is 0 Å². The Labute approximate surface area is 78.7 Å². The minimum atomic E-state index is -0.267. The van der Waals surface area contributed by atoms with Crippen molar-refractivity contribution in [2.24, 2.45) is 0 Å². The highest BCUT2D eigenvalue weighted by Crippen LogP contribution is 2.25. The zero-order valence-electron chi connectivity index (χ0n) is 8.59. The van der Waals surface area contributed by atoms with Crippen molar-refractivity contribution >= 4 is 5.97 Å². The van der Waals surface area contributed by atoms with Gasteiger partial charge in [-0.2, -0.15) is 0 Å². The second kappa shape index (κ2) is 3.92. The number of ether oxygens (including phenoxy) is 2. The predicted molar refractivity (Wildman–Crippen MR) is 49.3 cm³/mol. The summed E-state index contributed by atoms with van der Waals surface area (Å²) in [5.74, 6) is -0.267. The molecule has 1 heterocycles. The van der Waals surface area contributed by atoms with E-state index in [0.717, 1.165) is 12.0 Å². The minimum Gasteiger partial charge on any atom is -0.466 e. The average Bonchev–Trinajstić information content (AvgIpc) is 2.02. The van der Waals surface area contributed by atoms with E-state index in [2.05, 4.69) is 4.74 Å². The summed E-state index contributed by atoms with van der Waals surface area (Å²) < 4.78 is 10.2. The molecule has 0 aromatic heterocycles. The van der Waals surface area contributed by atoms with E-state index in [4.69, 9.17) is 4.74 Å². The maximum atomic E-state index is 11.3. The van der Waals surface area contributed by atoms with Crippen LogP contribution in [0.1, 0.15) is 27.2 Å². The van der Waals surface area contributed by atoms with E-state index >= 15 is 0 Å². The van der Waals surface area contributed by atoms with Crippen LogP contribution in [0, 0.1) is 0 Å². The van der Waals surface area contributed by atoms with Crippen LogP contribution in [0.15, 0.2) is 11.1 Å². The van der Waals surface area contributed by atoms with Gasteiger partial charge in [-0.3, -0.25) is 0 Å². The van der Waals surface area contributed by atoms with Gasteiger partial charge in [-0.25, -0.2) is 4.79 Å². The number of carbonyl (C=O) groups excluding carboxylic acids is 1. The molecule has 0 spiro atoms. The van der Waals surface area contributed by atoms with Crippen LogP contribution in [0.2, 0.25) is 0 Å². The molecule has 13 heavy (non-hydrogen) atoms. The first kappa shape index (κ1) is 10.3. The largest absolute Gasteiger partial charge is 0.466 e. The standard InChI is InChI=1S/C10H16O3/c1-6-5-7(2)13-8(3)9(6)10(11)12-4/h7-8H,5H2,1-4H3/t7-,8+/m0/s1. The number of methoxy groups -OCH3 is 1. The van der Waals surface area contributed by atoms with Gasteiger partial charge in [0.15, 0.2) is 0 Å². The summed E-state index contributed by atoms with van der Waals surface area (Å²) >= 11 is 0. The third-order valence-corrected chi connectivity index (χ3v) is 2.30. The maximum absolute atomic E-state index is 11.3. The molecule has 2 atom stereocenters. The summed E-state index contributed by atoms with van der Waals surface area (Å²) in [7, 11) is 1.40. The van der Waals surface area contributed by atoms with Crippen LogP contribution in [-0.4, -0.2) is 25.3 Å². The molecule has 0 amide bonds. The van der Waals surface area contributed by atoms with Gasteiger partial charge in [0.25, 0.3) is 0 Å². The highest BCUT2D eigenvalue weighted by atomic mass is 16.5. The molecule has 1 aliphatic heterocycles. The van der Waals surface area contributed by atoms with E-state index in [9.17, 15) is 4.79 Å². The number of esters is 1. The number of rotatable bonds is 1. The van der Waals surface area contributed by atoms with Crippen molar-refractivity contribution in [3.8, 4) is 0 Å². The first-order valence-corrected chi connectivity index (χ1v) is 4.49. The molecule has 0 fully saturated rings. The Morgan fingerprint density at radius 1 is 1.54 bits per heavy atom. The lowest BCUT2D eigenvalue weighted by Gasteiger charge is -2.28. The fraction of sp³-hybridized carbons (Fsp3) is 0.700. The molecule has 1 aliphatic rings. The van der Waals surface area contributed by atoms with Gasteiger partial charge < -0.3 is 9.47 Å². The molecule has 0 radical (unpaired) electrons. The lowest BCUT2D eigenvalue weighted by Crippen LogP contribution is -2.30. The molecular weight excluding hydrogens is 168 g/mol. The summed E-state index contributed by atoms with van der Waals surface area (Å²) in [4.78, 5) is 11.3. The first-order valence-electron chi connectivity index (χ1n) is 4.49. The number of hydrogen-bond donors (Lipinski definition) is 0. The monoisotopic (exact) mass is 184 g/mol. The fourth-order valence-corrected chi connectivity index (χ4v) is 1.80. The summed E-state index contributed by atoms with van der Waals surface area (Å²) in [6.45, 7) is 5.85. The van der Waals surface area contributed by atoms with Gasteiger partial charge in [0.05, 0.1) is 24.9 Å². The maximum Gasteiger partial charge on any atom is 0.336 e. The predicted octanol–water partition coefficient (Wildman–Crippen LogP) is 1.67. The van der Waals surface area contributed by atoms with Crippen LogP contribution >= 0.6 is 0 Å². The van der Waals surface area contributed by atoms with Crippen molar-refractivity contribution in [3.05, 3.63) is 11.1 Å². The normalized spacial score (nSPS) is 28.9. The van der Waals surface area contributed by atoms with E-state index in [0.29, 0.717) is 5.57 Å². The SMILES string of the molecule is COC(=O)C1=C(C)C[C@H](C)O[C@@H]1C. The molecule has 3 heteroatoms. The van der Waals surface area contributed by atoms with Crippen molar-refractivity contribution in [1.82, 2.24) is 0 Å². The summed E-state index contributed by atoms with van der Waals surface area (Å²) in [5, 5.41) is 0. The Bertz CT molecular complexity index is 243. The highest BCUT2D eigenvalue weighted by molar-refractivity contribution is 5.90. The van der Waals surface area contributed by atoms with E-state index in [1.165, 1.54) is 7.11 Å². The van der Waals surface area contributed by atoms with Crippen LogP contribution in [0.4, 0.5) is 0 Å². The zero-order chi connectivity index (χ0) is 10.0. The molecule has 0 bridgehead atoms. The van der Waals surface area contributed by atoms with E-state index in [-0.39, 0.29) is 18.2 Å². The number of hydrogen-bond acceptors (Lipinski definition) is 3. The topological polar surface area (TPSA) is 35.5 Å². The van der Waals surface area contributed by atoms with Crippen LogP contribution < -0.4 is 0 Å². The molecule has 0 N–H and O–H groups in total. The Hall–Kier alpha value is -0.830. The molecule has 3 nitrogen and oxygen atoms in total. The third kappa shape index (κ3) is 2.10. The van der Waals surface area contributed by atoms with Crippen molar-refractivity contribution in [1.29, 1.82) is 0 Å². The summed E-state index contributed by atoms with van der Waals surface area (Å²) in [5.41, 5.74) is 1.76. The quantitative estimate of drug-likeness (QED) is 0.581. The van der Waals surface area contributed by atoms with Crippen LogP contribution in [0.25, 0.3) is 0 Å². The highest BCUT2D eigenvalue weighted by Gasteiger charge is 2.27. The summed E-state index contributed by atoms with van der Waals surface area (Å²) in [6.07, 6.45) is 0.869. The Morgan fingerprint density at radius 3 is 2.62 bits per heavy atom. The molecule has 1 rings (SSSR count). The second-order valence-corrected chi connectivity index (χ2v) is 3.48. The van der Waals surface area contributed by atoms with E-state index in [1.807, 2.05) is 20.8 Å². The van der Waals surface area contributed by atoms with Gasteiger partial charge in [-0.05, 0) is 27.2 Å². The Morgan fingerprint density at radius 2 is 2.15 bits per heavy atom. The molecule has 0 aromatic carbocycles. The van der Waals surface area contributed by atoms with E-state index in [1.54, 1.807) is 0 Å². The lowest BCUT2D eigenvalue weighted by atomic mass is 9.97. The van der Waals surface area contributed by atoms with Crippen LogP contribution in [0.5, 0.6) is 0 Å². The first-order chi connectivity index (χ1) is 6.06. The molecule has 0 saturated heterocycles. The molecule has 0 aromatic rings. The van der Waals surface area contributed by atoms with Crippen molar-refractivity contribution < 1.29 is 14.3 Å². The molecule has 0 aliphatic carbocycles. The Balaban J connectivity index is 2.91. The zero-order valence-corrected chi connectivity index (χ0v) is 8.59. The van der Waals surface area contributed by atoms with Gasteiger partial charge in [0, 0.05) is 0 Å². The van der Waals surface area contributed by atoms with Crippen LogP contribution in [0.3, 0.4) is 0 Å². The van der Waals surface area contributed by atoms with Gasteiger partial charge in [0.2, 0.25) is 0 Å². The lowest BCUT2D eigenvalue weighted by molar-refractivity contribution is -0.138. The van der Waals surface area contributed by atoms with Gasteiger partial charge >= 0.3 is 5.97 Å². The average molecular weight is 184 g/mol. The summed E-state index contributed by atoms with van der Waals surface area (Å²) in [6, 6.07) is 0. The number of carbonyl (C=O) groups is 1. The smallest absolute Gasteiger partial charge is 0.336 e. The molecule has 0 saturated carbocycles. The van der Waals surface area contributed by atoms with Crippen LogP contribution in [-0.2, 0) is 14.3 Å². The van der Waals surface area contributed by atoms with Gasteiger partial charge in [-0.15, -0.1) is 0 Å². The van der Waals surface area contributed by atoms with Gasteiger partial charge in [-0.1, -0.05) is 5.57 Å². The van der Waals surface area contributed by atoms with Crippen molar-refractivity contribution in [2.75, 3.05) is 7.11 Å². The molecule has 74 valence electrons. The van der Waals surface area contributed by atoms with Crippen molar-refractivity contribution in [2.45, 2.75) is 39.4 Å². The molecular formula is C10H16O3. The van der Waals surface area contributed by atoms with Crippen molar-refractivity contribution in [3.63, 3.8) is 0 Å². The minimum absolute atomic E-state index is 0.142. The third-order valence-electron chi connectivity index (χ3n) is 2.30. The second-order valence-electron chi connectivity index (χ2n) is 3.48. The fourth-order valence-electron chi connectivity index (χ4n) is 1.80. The molecule has 0 unspecified atom stereocenters. The van der Waals surface area contributed by atoms with E-state index < -0.39 is 0 Å².